The van der Waals surface area contributed by atoms with Crippen molar-refractivity contribution in [2.45, 2.75) is 32.9 Å². The van der Waals surface area contributed by atoms with E-state index in [1.807, 2.05) is 24.3 Å². The molecule has 3 rings (SSSR count). The third-order valence-electron chi connectivity index (χ3n) is 5.87. The van der Waals surface area contributed by atoms with Gasteiger partial charge in [0.2, 0.25) is 5.91 Å². The maximum Gasteiger partial charge on any atom is 0.257 e. The van der Waals surface area contributed by atoms with Gasteiger partial charge in [0.1, 0.15) is 29.0 Å². The highest BCUT2D eigenvalue weighted by atomic mass is 19.1. The van der Waals surface area contributed by atoms with E-state index in [-0.39, 0.29) is 11.8 Å². The van der Waals surface area contributed by atoms with Gasteiger partial charge < -0.3 is 15.0 Å². The summed E-state index contributed by atoms with van der Waals surface area (Å²) in [5, 5.41) is 2.56. The van der Waals surface area contributed by atoms with Gasteiger partial charge in [-0.25, -0.2) is 8.78 Å². The van der Waals surface area contributed by atoms with Gasteiger partial charge in [0.05, 0.1) is 7.11 Å². The van der Waals surface area contributed by atoms with E-state index >= 15 is 0 Å². The minimum Gasteiger partial charge on any atom is -0.497 e. The first kappa shape index (κ1) is 24.6. The zero-order chi connectivity index (χ0) is 24.0. The van der Waals surface area contributed by atoms with Crippen LogP contribution in [0.3, 0.4) is 0 Å². The van der Waals surface area contributed by atoms with Crippen molar-refractivity contribution in [2.75, 3.05) is 33.3 Å². The molecule has 1 saturated heterocycles. The van der Waals surface area contributed by atoms with Crippen LogP contribution >= 0.6 is 0 Å². The van der Waals surface area contributed by atoms with Crippen LogP contribution in [0.5, 0.6) is 5.75 Å². The fraction of sp³-hybridized carbons (Fsp3) is 0.440. The van der Waals surface area contributed by atoms with Crippen LogP contribution in [0.4, 0.5) is 8.78 Å². The van der Waals surface area contributed by atoms with Crippen molar-refractivity contribution in [3.63, 3.8) is 0 Å². The van der Waals surface area contributed by atoms with Crippen LogP contribution in [0.15, 0.2) is 42.5 Å². The van der Waals surface area contributed by atoms with Crippen molar-refractivity contribution in [2.24, 2.45) is 5.92 Å². The number of methoxy groups -OCH3 is 1. The number of halogens is 2. The number of amides is 2. The summed E-state index contributed by atoms with van der Waals surface area (Å²) in [5.74, 6) is -2.49. The summed E-state index contributed by atoms with van der Waals surface area (Å²) < 4.78 is 33.2. The van der Waals surface area contributed by atoms with Gasteiger partial charge in [-0.1, -0.05) is 32.0 Å². The summed E-state index contributed by atoms with van der Waals surface area (Å²) in [6.45, 7) is 6.98. The number of carbonyl (C=O) groups excluding carboxylic acids is 2. The number of hydrogen-bond acceptors (Lipinski definition) is 4. The zero-order valence-corrected chi connectivity index (χ0v) is 19.3. The molecular formula is C25H31F2N3O3. The van der Waals surface area contributed by atoms with Gasteiger partial charge in [0, 0.05) is 32.7 Å². The van der Waals surface area contributed by atoms with Crippen LogP contribution in [-0.4, -0.2) is 60.9 Å². The molecule has 0 saturated carbocycles. The Bertz CT molecular complexity index is 946. The smallest absolute Gasteiger partial charge is 0.257 e. The maximum atomic E-state index is 14.0. The highest BCUT2D eigenvalue weighted by Gasteiger charge is 2.31. The van der Waals surface area contributed by atoms with E-state index in [1.54, 1.807) is 25.9 Å². The highest BCUT2D eigenvalue weighted by molar-refractivity contribution is 5.98. The number of hydrogen-bond donors (Lipinski definition) is 1. The third kappa shape index (κ3) is 6.28. The zero-order valence-electron chi connectivity index (χ0n) is 19.3. The normalized spacial score (nSPS) is 15.8. The van der Waals surface area contributed by atoms with Gasteiger partial charge >= 0.3 is 0 Å². The van der Waals surface area contributed by atoms with Crippen molar-refractivity contribution in [1.29, 1.82) is 0 Å². The highest BCUT2D eigenvalue weighted by Crippen LogP contribution is 2.17. The van der Waals surface area contributed by atoms with E-state index in [1.165, 1.54) is 6.07 Å². The van der Waals surface area contributed by atoms with Gasteiger partial charge in [0.15, 0.2) is 0 Å². The van der Waals surface area contributed by atoms with Gasteiger partial charge in [-0.3, -0.25) is 14.5 Å². The lowest BCUT2D eigenvalue weighted by Gasteiger charge is -2.29. The van der Waals surface area contributed by atoms with E-state index in [2.05, 4.69) is 10.2 Å². The summed E-state index contributed by atoms with van der Waals surface area (Å²) in [7, 11) is 1.63. The van der Waals surface area contributed by atoms with Crippen LogP contribution < -0.4 is 10.1 Å². The lowest BCUT2D eigenvalue weighted by Crippen LogP contribution is -2.52. The molecule has 1 unspecified atom stereocenters. The van der Waals surface area contributed by atoms with Crippen molar-refractivity contribution in [3.8, 4) is 5.75 Å². The van der Waals surface area contributed by atoms with Crippen molar-refractivity contribution in [3.05, 3.63) is 65.2 Å². The molecule has 1 aliphatic rings. The topological polar surface area (TPSA) is 61.9 Å². The van der Waals surface area contributed by atoms with E-state index in [9.17, 15) is 18.4 Å². The largest absolute Gasteiger partial charge is 0.497 e. The second-order valence-electron chi connectivity index (χ2n) is 8.59. The molecule has 1 heterocycles. The minimum atomic E-state index is -0.952. The molecule has 1 fully saturated rings. The predicted molar refractivity (Wildman–Crippen MR) is 122 cm³/mol. The Hall–Kier alpha value is -3.00. The second-order valence-corrected chi connectivity index (χ2v) is 8.59. The minimum absolute atomic E-state index is 0.235. The maximum absolute atomic E-state index is 14.0. The molecule has 0 aromatic heterocycles. The summed E-state index contributed by atoms with van der Waals surface area (Å²) in [4.78, 5) is 29.9. The fourth-order valence-corrected chi connectivity index (χ4v) is 3.98. The molecule has 1 aliphatic heterocycles. The summed E-state index contributed by atoms with van der Waals surface area (Å²) in [5.41, 5.74) is 0.493. The van der Waals surface area contributed by atoms with E-state index in [4.69, 9.17) is 4.74 Å². The first-order valence-corrected chi connectivity index (χ1v) is 11.2. The Morgan fingerprint density at radius 2 is 1.67 bits per heavy atom. The molecule has 0 aliphatic carbocycles. The van der Waals surface area contributed by atoms with Crippen molar-refractivity contribution < 1.29 is 23.1 Å². The average molecular weight is 460 g/mol. The number of nitrogens with one attached hydrogen (secondary N) is 1. The first-order chi connectivity index (χ1) is 15.8. The Morgan fingerprint density at radius 1 is 1.00 bits per heavy atom. The van der Waals surface area contributed by atoms with Gasteiger partial charge in [-0.2, -0.15) is 0 Å². The molecule has 8 heteroatoms. The number of nitrogens with zero attached hydrogens (tertiary/aromatic N) is 2. The van der Waals surface area contributed by atoms with Gasteiger partial charge in [-0.05, 0) is 42.2 Å². The monoisotopic (exact) mass is 459 g/mol. The van der Waals surface area contributed by atoms with Crippen LogP contribution in [0.1, 0.15) is 36.2 Å². The second kappa shape index (κ2) is 11.2. The van der Waals surface area contributed by atoms with Crippen molar-refractivity contribution >= 4 is 11.8 Å². The molecule has 2 aromatic rings. The van der Waals surface area contributed by atoms with Crippen LogP contribution in [0.25, 0.3) is 0 Å². The molecule has 6 nitrogen and oxygen atoms in total. The van der Waals surface area contributed by atoms with Crippen molar-refractivity contribution in [1.82, 2.24) is 15.1 Å². The Balaban J connectivity index is 1.63. The van der Waals surface area contributed by atoms with E-state index in [0.29, 0.717) is 19.6 Å². The fourth-order valence-electron chi connectivity index (χ4n) is 3.98. The third-order valence-corrected chi connectivity index (χ3v) is 5.87. The summed E-state index contributed by atoms with van der Waals surface area (Å²) in [6, 6.07) is 10.3. The summed E-state index contributed by atoms with van der Waals surface area (Å²) >= 11 is 0. The standard InChI is InChI=1S/C25H31F2N3O3/c1-17(2)23(28-24(31)22-20(26)6-4-7-21(22)27)25(32)30-13-5-12-29(14-15-30)16-18-8-10-19(33-3)11-9-18/h4,6-11,17,23H,5,12-16H2,1-3H3,(H,28,31). The Morgan fingerprint density at radius 3 is 2.27 bits per heavy atom. The molecule has 2 aromatic carbocycles. The average Bonchev–Trinajstić information content (AvgIpc) is 3.03. The molecule has 2 amide bonds. The number of carbonyl (C=O) groups is 2. The molecule has 0 radical (unpaired) electrons. The summed E-state index contributed by atoms with van der Waals surface area (Å²) in [6.07, 6.45) is 0.794. The molecular weight excluding hydrogens is 428 g/mol. The SMILES string of the molecule is COc1ccc(CN2CCCN(C(=O)C(NC(=O)c3c(F)cccc3F)C(C)C)CC2)cc1. The Labute approximate surface area is 193 Å². The van der Waals surface area contributed by atoms with Crippen LogP contribution in [-0.2, 0) is 11.3 Å². The molecule has 1 atom stereocenters. The lowest BCUT2D eigenvalue weighted by atomic mass is 10.0. The molecule has 1 N–H and O–H groups in total. The molecule has 33 heavy (non-hydrogen) atoms. The molecule has 0 bridgehead atoms. The first-order valence-electron chi connectivity index (χ1n) is 11.2. The Kier molecular flexibility index (Phi) is 8.38. The quantitative estimate of drug-likeness (QED) is 0.689. The number of rotatable bonds is 7. The lowest BCUT2D eigenvalue weighted by molar-refractivity contribution is -0.134. The molecule has 0 spiro atoms. The van der Waals surface area contributed by atoms with Crippen LogP contribution in [0, 0.1) is 17.6 Å². The predicted octanol–water partition coefficient (Wildman–Crippen LogP) is 3.46. The molecule has 178 valence electrons. The number of benzene rings is 2. The van der Waals surface area contributed by atoms with E-state index < -0.39 is 29.1 Å². The van der Waals surface area contributed by atoms with Gasteiger partial charge in [-0.15, -0.1) is 0 Å². The van der Waals surface area contributed by atoms with Gasteiger partial charge in [0.25, 0.3) is 5.91 Å². The van der Waals surface area contributed by atoms with Crippen LogP contribution in [0.2, 0.25) is 0 Å². The van der Waals surface area contributed by atoms with E-state index in [0.717, 1.165) is 43.0 Å². The number of ether oxygens (including phenoxy) is 1.